The van der Waals surface area contributed by atoms with E-state index >= 15 is 0 Å². The summed E-state index contributed by atoms with van der Waals surface area (Å²) < 4.78 is 0. The molecule has 7 heteroatoms. The van der Waals surface area contributed by atoms with Crippen LogP contribution in [-0.4, -0.2) is 21.5 Å². The van der Waals surface area contributed by atoms with Crippen LogP contribution in [0.15, 0.2) is 72.8 Å². The Kier molecular flexibility index (Phi) is 7.25. The first-order chi connectivity index (χ1) is 15.1. The summed E-state index contributed by atoms with van der Waals surface area (Å²) in [5.74, 6) is 0. The van der Waals surface area contributed by atoms with Crippen LogP contribution in [0, 0.1) is 0 Å². The Morgan fingerprint density at radius 2 is 1.52 bits per heavy atom. The summed E-state index contributed by atoms with van der Waals surface area (Å²) in [6.45, 7) is 1.97. The lowest BCUT2D eigenvalue weighted by Gasteiger charge is -2.05. The Balaban J connectivity index is 1.48. The van der Waals surface area contributed by atoms with Crippen LogP contribution in [0.25, 0.3) is 11.3 Å². The Bertz CT molecular complexity index is 1140. The lowest BCUT2D eigenvalue weighted by Crippen LogP contribution is -2.17. The third-order valence-electron chi connectivity index (χ3n) is 4.88. The Morgan fingerprint density at radius 1 is 0.774 bits per heavy atom. The largest absolute Gasteiger partial charge is 0.311 e. The maximum absolute atomic E-state index is 6.16. The zero-order valence-electron chi connectivity index (χ0n) is 16.7. The molecule has 1 aromatic heterocycles. The maximum atomic E-state index is 6.16. The van der Waals surface area contributed by atoms with Crippen molar-refractivity contribution in [2.24, 2.45) is 0 Å². The van der Waals surface area contributed by atoms with Gasteiger partial charge in [0.2, 0.25) is 0 Å². The van der Waals surface area contributed by atoms with Gasteiger partial charge in [-0.05, 0) is 48.4 Å². The van der Waals surface area contributed by atoms with Gasteiger partial charge in [0, 0.05) is 17.1 Å². The molecule has 1 heterocycles. The molecule has 4 aromatic rings. The molecule has 4 rings (SSSR count). The van der Waals surface area contributed by atoms with Crippen molar-refractivity contribution in [2.75, 3.05) is 6.54 Å². The lowest BCUT2D eigenvalue weighted by molar-refractivity contribution is 0.577. The number of nitrogens with one attached hydrogen (secondary N) is 1. The second kappa shape index (κ2) is 10.3. The molecule has 1 N–H and O–H groups in total. The molecule has 4 nitrogen and oxygen atoms in total. The van der Waals surface area contributed by atoms with Crippen molar-refractivity contribution in [1.29, 1.82) is 0 Å². The van der Waals surface area contributed by atoms with Crippen molar-refractivity contribution >= 4 is 34.8 Å². The van der Waals surface area contributed by atoms with Gasteiger partial charge in [0.1, 0.15) is 11.4 Å². The fourth-order valence-electron chi connectivity index (χ4n) is 3.28. The molecule has 0 saturated heterocycles. The normalized spacial score (nSPS) is 11.1. The predicted molar refractivity (Wildman–Crippen MR) is 128 cm³/mol. The first kappa shape index (κ1) is 21.8. The molecule has 0 atom stereocenters. The Labute approximate surface area is 196 Å². The van der Waals surface area contributed by atoms with Crippen LogP contribution in [0.1, 0.15) is 16.8 Å². The second-order valence-electron chi connectivity index (χ2n) is 7.19. The van der Waals surface area contributed by atoms with Gasteiger partial charge in [0.15, 0.2) is 0 Å². The summed E-state index contributed by atoms with van der Waals surface area (Å²) >= 11 is 18.1. The quantitative estimate of drug-likeness (QED) is 0.307. The molecule has 0 fully saturated rings. The van der Waals surface area contributed by atoms with Crippen molar-refractivity contribution in [2.45, 2.75) is 19.5 Å². The number of aromatic nitrogens is 3. The van der Waals surface area contributed by atoms with E-state index in [2.05, 4.69) is 5.32 Å². The fourth-order valence-corrected chi connectivity index (χ4v) is 3.73. The molecule has 0 aliphatic rings. The highest BCUT2D eigenvalue weighted by atomic mass is 35.5. The van der Waals surface area contributed by atoms with Gasteiger partial charge in [0.25, 0.3) is 0 Å². The van der Waals surface area contributed by atoms with E-state index in [1.54, 1.807) is 10.9 Å². The van der Waals surface area contributed by atoms with E-state index in [9.17, 15) is 0 Å². The molecule has 0 saturated carbocycles. The molecule has 31 heavy (non-hydrogen) atoms. The monoisotopic (exact) mass is 470 g/mol. The van der Waals surface area contributed by atoms with Gasteiger partial charge in [-0.2, -0.15) is 15.0 Å². The summed E-state index contributed by atoms with van der Waals surface area (Å²) in [7, 11) is 0. The Morgan fingerprint density at radius 3 is 2.26 bits per heavy atom. The van der Waals surface area contributed by atoms with E-state index in [4.69, 9.17) is 45.0 Å². The number of benzene rings is 3. The second-order valence-corrected chi connectivity index (χ2v) is 8.44. The van der Waals surface area contributed by atoms with Crippen molar-refractivity contribution in [3.8, 4) is 11.3 Å². The minimum atomic E-state index is 0.515. The molecule has 0 radical (unpaired) electrons. The third kappa shape index (κ3) is 5.86. The van der Waals surface area contributed by atoms with Crippen LogP contribution < -0.4 is 5.32 Å². The number of halogens is 3. The van der Waals surface area contributed by atoms with Gasteiger partial charge < -0.3 is 5.32 Å². The predicted octanol–water partition coefficient (Wildman–Crippen LogP) is 6.29. The van der Waals surface area contributed by atoms with E-state index in [-0.39, 0.29) is 0 Å². The highest BCUT2D eigenvalue weighted by molar-refractivity contribution is 6.42. The van der Waals surface area contributed by atoms with E-state index in [1.165, 1.54) is 5.56 Å². The zero-order valence-corrected chi connectivity index (χ0v) is 19.0. The lowest BCUT2D eigenvalue weighted by atomic mass is 10.1. The molecule has 0 spiro atoms. The summed E-state index contributed by atoms with van der Waals surface area (Å²) in [5.41, 5.74) is 5.05. The van der Waals surface area contributed by atoms with Crippen molar-refractivity contribution < 1.29 is 0 Å². The van der Waals surface area contributed by atoms with Crippen LogP contribution in [0.2, 0.25) is 15.1 Å². The summed E-state index contributed by atoms with van der Waals surface area (Å²) in [6, 6.07) is 23.6. The molecule has 158 valence electrons. The third-order valence-corrected chi connectivity index (χ3v) is 5.87. The van der Waals surface area contributed by atoms with Gasteiger partial charge in [-0.25, -0.2) is 0 Å². The van der Waals surface area contributed by atoms with Crippen LogP contribution in [0.3, 0.4) is 0 Å². The van der Waals surface area contributed by atoms with E-state index < -0.39 is 0 Å². The smallest absolute Gasteiger partial charge is 0.117 e. The zero-order chi connectivity index (χ0) is 21.6. The number of nitrogens with zero attached hydrogens (tertiary/aromatic N) is 3. The van der Waals surface area contributed by atoms with Crippen molar-refractivity contribution in [3.05, 3.63) is 105 Å². The van der Waals surface area contributed by atoms with E-state index in [0.29, 0.717) is 23.1 Å². The van der Waals surface area contributed by atoms with Crippen molar-refractivity contribution in [3.63, 3.8) is 0 Å². The molecule has 0 amide bonds. The first-order valence-electron chi connectivity index (χ1n) is 9.97. The standard InChI is InChI=1S/C24H21Cl3N4/c25-20-9-6-17(7-10-20)12-13-28-15-23-24(19-4-2-1-3-5-19)30-31(29-23)16-18-8-11-21(26)22(27)14-18/h1-11,14,28H,12-13,15-16H2. The fraction of sp³-hybridized carbons (Fsp3) is 0.167. The summed E-state index contributed by atoms with van der Waals surface area (Å²) in [5, 5.41) is 14.8. The van der Waals surface area contributed by atoms with Crippen LogP contribution in [-0.2, 0) is 19.5 Å². The average molecular weight is 472 g/mol. The Hall–Kier alpha value is -2.37. The number of rotatable bonds is 8. The first-order valence-corrected chi connectivity index (χ1v) is 11.1. The highest BCUT2D eigenvalue weighted by Gasteiger charge is 2.13. The van der Waals surface area contributed by atoms with Crippen LogP contribution >= 0.6 is 34.8 Å². The molecular formula is C24H21Cl3N4. The molecule has 0 aliphatic carbocycles. The summed E-state index contributed by atoms with van der Waals surface area (Å²) in [6.07, 6.45) is 0.912. The van der Waals surface area contributed by atoms with Gasteiger partial charge >= 0.3 is 0 Å². The number of hydrogen-bond acceptors (Lipinski definition) is 3. The topological polar surface area (TPSA) is 42.7 Å². The van der Waals surface area contributed by atoms with E-state index in [1.807, 2.05) is 66.7 Å². The van der Waals surface area contributed by atoms with Crippen molar-refractivity contribution in [1.82, 2.24) is 20.3 Å². The van der Waals surface area contributed by atoms with Crippen LogP contribution in [0.5, 0.6) is 0 Å². The number of hydrogen-bond donors (Lipinski definition) is 1. The van der Waals surface area contributed by atoms with E-state index in [0.717, 1.165) is 40.5 Å². The highest BCUT2D eigenvalue weighted by Crippen LogP contribution is 2.24. The molecule has 0 unspecified atom stereocenters. The molecule has 0 bridgehead atoms. The SMILES string of the molecule is Clc1ccc(CCNCc2nn(Cc3ccc(Cl)c(Cl)c3)nc2-c2ccccc2)cc1. The van der Waals surface area contributed by atoms with Gasteiger partial charge in [-0.15, -0.1) is 0 Å². The minimum Gasteiger partial charge on any atom is -0.311 e. The molecule has 3 aromatic carbocycles. The van der Waals surface area contributed by atoms with Crippen LogP contribution in [0.4, 0.5) is 0 Å². The minimum absolute atomic E-state index is 0.515. The molecular weight excluding hydrogens is 451 g/mol. The van der Waals surface area contributed by atoms with Gasteiger partial charge in [0.05, 0.1) is 16.6 Å². The van der Waals surface area contributed by atoms with Gasteiger partial charge in [-0.1, -0.05) is 83.3 Å². The van der Waals surface area contributed by atoms with Gasteiger partial charge in [-0.3, -0.25) is 0 Å². The molecule has 0 aliphatic heterocycles. The average Bonchev–Trinajstić information content (AvgIpc) is 3.18. The summed E-state index contributed by atoms with van der Waals surface area (Å²) in [4.78, 5) is 1.71. The maximum Gasteiger partial charge on any atom is 0.117 e.